The Kier molecular flexibility index (Phi) is 6.01. The second-order valence-electron chi connectivity index (χ2n) is 2.32. The van der Waals surface area contributed by atoms with Crippen LogP contribution in [-0.4, -0.2) is 12.9 Å². The first-order valence-electron chi connectivity index (χ1n) is 3.82. The molecule has 0 heterocycles. The molecule has 0 unspecified atom stereocenters. The minimum atomic E-state index is 0.0534. The summed E-state index contributed by atoms with van der Waals surface area (Å²) in [5.74, 6) is 0.0534. The van der Waals surface area contributed by atoms with Crippen LogP contribution in [0.15, 0.2) is 23.9 Å². The molecule has 0 spiro atoms. The maximum Gasteiger partial charge on any atom is 0.157 e. The first-order chi connectivity index (χ1) is 5.72. The molecular weight excluding hydrogens is 154 g/mol. The van der Waals surface area contributed by atoms with E-state index in [1.807, 2.05) is 19.1 Å². The van der Waals surface area contributed by atoms with Gasteiger partial charge in [-0.1, -0.05) is 12.2 Å². The molecule has 3 nitrogen and oxygen atoms in total. The number of nitrogens with one attached hydrogen (secondary N) is 1. The number of hydrogen-bond acceptors (Lipinski definition) is 3. The van der Waals surface area contributed by atoms with Crippen molar-refractivity contribution in [2.24, 2.45) is 0 Å². The quantitative estimate of drug-likeness (QED) is 0.386. The van der Waals surface area contributed by atoms with Crippen LogP contribution in [0.4, 0.5) is 0 Å². The Hall–Kier alpha value is -1.09. The standard InChI is InChI=1S/C9H15NO2/c1-4-5-6-9(8(2)11)7-10-12-3/h4-5,7,10H,6H2,1-3H3/b5-4-,9-7+. The van der Waals surface area contributed by atoms with Crippen LogP contribution in [0.1, 0.15) is 20.3 Å². The van der Waals surface area contributed by atoms with Gasteiger partial charge < -0.3 is 0 Å². The highest BCUT2D eigenvalue weighted by molar-refractivity contribution is 5.93. The van der Waals surface area contributed by atoms with Crippen LogP contribution in [0.2, 0.25) is 0 Å². The zero-order valence-corrected chi connectivity index (χ0v) is 7.76. The van der Waals surface area contributed by atoms with Gasteiger partial charge in [0.05, 0.1) is 7.11 Å². The molecule has 0 aliphatic rings. The average Bonchev–Trinajstić information content (AvgIpc) is 2.04. The van der Waals surface area contributed by atoms with E-state index >= 15 is 0 Å². The first-order valence-corrected chi connectivity index (χ1v) is 3.82. The summed E-state index contributed by atoms with van der Waals surface area (Å²) in [5.41, 5.74) is 3.23. The Balaban J connectivity index is 4.12. The second-order valence-corrected chi connectivity index (χ2v) is 2.32. The van der Waals surface area contributed by atoms with Crippen LogP contribution in [0, 0.1) is 0 Å². The number of hydroxylamine groups is 1. The summed E-state index contributed by atoms with van der Waals surface area (Å²) in [6, 6.07) is 0. The van der Waals surface area contributed by atoms with E-state index in [1.165, 1.54) is 14.0 Å². The van der Waals surface area contributed by atoms with Crippen molar-refractivity contribution in [1.29, 1.82) is 0 Å². The van der Waals surface area contributed by atoms with Crippen molar-refractivity contribution in [2.45, 2.75) is 20.3 Å². The summed E-state index contributed by atoms with van der Waals surface area (Å²) in [7, 11) is 1.50. The number of Topliss-reactive ketones (excluding diaryl/α,β-unsaturated/α-hetero) is 1. The van der Waals surface area contributed by atoms with Crippen molar-refractivity contribution in [3.63, 3.8) is 0 Å². The first kappa shape index (κ1) is 10.9. The molecule has 0 amide bonds. The molecule has 0 aromatic heterocycles. The lowest BCUT2D eigenvalue weighted by atomic mass is 10.1. The summed E-state index contributed by atoms with van der Waals surface area (Å²) in [6.45, 7) is 3.45. The van der Waals surface area contributed by atoms with Gasteiger partial charge in [0.15, 0.2) is 5.78 Å². The summed E-state index contributed by atoms with van der Waals surface area (Å²) in [6.07, 6.45) is 6.04. The van der Waals surface area contributed by atoms with Crippen molar-refractivity contribution < 1.29 is 9.63 Å². The van der Waals surface area contributed by atoms with E-state index in [9.17, 15) is 4.79 Å². The number of allylic oxidation sites excluding steroid dienone is 3. The molecule has 1 N–H and O–H groups in total. The maximum absolute atomic E-state index is 11.0. The molecule has 0 atom stereocenters. The van der Waals surface area contributed by atoms with Gasteiger partial charge in [-0.2, -0.15) is 0 Å². The van der Waals surface area contributed by atoms with Crippen LogP contribution in [-0.2, 0) is 9.63 Å². The number of hydrogen-bond donors (Lipinski definition) is 1. The van der Waals surface area contributed by atoms with Crippen LogP contribution in [0.3, 0.4) is 0 Å². The van der Waals surface area contributed by atoms with Crippen LogP contribution >= 0.6 is 0 Å². The zero-order chi connectivity index (χ0) is 9.40. The van der Waals surface area contributed by atoms with E-state index in [0.717, 1.165) is 0 Å². The lowest BCUT2D eigenvalue weighted by Gasteiger charge is -2.00. The predicted octanol–water partition coefficient (Wildman–Crippen LogP) is 1.58. The normalized spacial score (nSPS) is 12.1. The SMILES string of the molecule is C/C=C\C/C(=C\NOC)C(C)=O. The molecule has 0 bridgehead atoms. The number of carbonyl (C=O) groups excluding carboxylic acids is 1. The van der Waals surface area contributed by atoms with Crippen molar-refractivity contribution in [2.75, 3.05) is 7.11 Å². The Bertz CT molecular complexity index is 195. The van der Waals surface area contributed by atoms with Gasteiger partial charge >= 0.3 is 0 Å². The van der Waals surface area contributed by atoms with E-state index in [4.69, 9.17) is 0 Å². The van der Waals surface area contributed by atoms with Gasteiger partial charge in [-0.3, -0.25) is 15.1 Å². The van der Waals surface area contributed by atoms with Gasteiger partial charge in [0.25, 0.3) is 0 Å². The topological polar surface area (TPSA) is 38.3 Å². The second kappa shape index (κ2) is 6.61. The molecule has 0 aliphatic heterocycles. The minimum Gasteiger partial charge on any atom is -0.295 e. The minimum absolute atomic E-state index is 0.0534. The largest absolute Gasteiger partial charge is 0.295 e. The number of rotatable bonds is 5. The summed E-state index contributed by atoms with van der Waals surface area (Å²) in [5, 5.41) is 0. The Morgan fingerprint density at radius 1 is 1.58 bits per heavy atom. The van der Waals surface area contributed by atoms with Crippen molar-refractivity contribution in [3.8, 4) is 0 Å². The molecule has 0 rings (SSSR count). The van der Waals surface area contributed by atoms with Gasteiger partial charge in [0.1, 0.15) is 0 Å². The van der Waals surface area contributed by atoms with Gasteiger partial charge in [-0.05, 0) is 20.3 Å². The zero-order valence-electron chi connectivity index (χ0n) is 7.76. The van der Waals surface area contributed by atoms with Gasteiger partial charge in [-0.25, -0.2) is 0 Å². The molecule has 0 radical (unpaired) electrons. The fourth-order valence-electron chi connectivity index (χ4n) is 0.679. The van der Waals surface area contributed by atoms with Crippen molar-refractivity contribution >= 4 is 5.78 Å². The molecule has 0 aromatic carbocycles. The van der Waals surface area contributed by atoms with Crippen LogP contribution in [0.25, 0.3) is 0 Å². The molecule has 68 valence electrons. The van der Waals surface area contributed by atoms with Crippen molar-refractivity contribution in [3.05, 3.63) is 23.9 Å². The highest BCUT2D eigenvalue weighted by atomic mass is 16.6. The Labute approximate surface area is 73.1 Å². The smallest absolute Gasteiger partial charge is 0.157 e. The van der Waals surface area contributed by atoms with E-state index < -0.39 is 0 Å². The molecule has 12 heavy (non-hydrogen) atoms. The third-order valence-corrected chi connectivity index (χ3v) is 1.38. The maximum atomic E-state index is 11.0. The average molecular weight is 169 g/mol. The molecule has 0 aromatic rings. The Morgan fingerprint density at radius 2 is 2.25 bits per heavy atom. The van der Waals surface area contributed by atoms with Gasteiger partial charge in [0, 0.05) is 11.8 Å². The molecular formula is C9H15NO2. The third-order valence-electron chi connectivity index (χ3n) is 1.38. The number of carbonyl (C=O) groups is 1. The predicted molar refractivity (Wildman–Crippen MR) is 48.3 cm³/mol. The summed E-state index contributed by atoms with van der Waals surface area (Å²) < 4.78 is 0. The van der Waals surface area contributed by atoms with E-state index in [0.29, 0.717) is 12.0 Å². The van der Waals surface area contributed by atoms with Crippen LogP contribution in [0.5, 0.6) is 0 Å². The van der Waals surface area contributed by atoms with Crippen LogP contribution < -0.4 is 5.48 Å². The highest BCUT2D eigenvalue weighted by Gasteiger charge is 1.99. The van der Waals surface area contributed by atoms with Gasteiger partial charge in [0.2, 0.25) is 0 Å². The summed E-state index contributed by atoms with van der Waals surface area (Å²) in [4.78, 5) is 15.6. The molecule has 3 heteroatoms. The Morgan fingerprint density at radius 3 is 2.67 bits per heavy atom. The monoisotopic (exact) mass is 169 g/mol. The van der Waals surface area contributed by atoms with E-state index in [-0.39, 0.29) is 5.78 Å². The highest BCUT2D eigenvalue weighted by Crippen LogP contribution is 2.02. The van der Waals surface area contributed by atoms with E-state index in [1.54, 1.807) is 6.20 Å². The fourth-order valence-corrected chi connectivity index (χ4v) is 0.679. The number of ketones is 1. The molecule has 0 saturated carbocycles. The van der Waals surface area contributed by atoms with E-state index in [2.05, 4.69) is 10.3 Å². The lowest BCUT2D eigenvalue weighted by Crippen LogP contribution is -2.06. The van der Waals surface area contributed by atoms with Crippen molar-refractivity contribution in [1.82, 2.24) is 5.48 Å². The fraction of sp³-hybridized carbons (Fsp3) is 0.444. The molecule has 0 aliphatic carbocycles. The van der Waals surface area contributed by atoms with Gasteiger partial charge in [-0.15, -0.1) is 0 Å². The molecule has 0 saturated heterocycles. The molecule has 0 fully saturated rings. The summed E-state index contributed by atoms with van der Waals surface area (Å²) >= 11 is 0. The third kappa shape index (κ3) is 4.68. The lowest BCUT2D eigenvalue weighted by molar-refractivity contribution is -0.113.